The zero-order valence-corrected chi connectivity index (χ0v) is 18.9. The van der Waals surface area contributed by atoms with Crippen LogP contribution >= 0.6 is 0 Å². The summed E-state index contributed by atoms with van der Waals surface area (Å²) in [5.41, 5.74) is 3.18. The zero-order chi connectivity index (χ0) is 22.1. The first-order valence-corrected chi connectivity index (χ1v) is 11.7. The van der Waals surface area contributed by atoms with Crippen LogP contribution in [0, 0.1) is 5.82 Å². The van der Waals surface area contributed by atoms with E-state index in [-0.39, 0.29) is 18.0 Å². The summed E-state index contributed by atoms with van der Waals surface area (Å²) >= 11 is 0. The van der Waals surface area contributed by atoms with E-state index >= 15 is 0 Å². The first-order chi connectivity index (χ1) is 15.1. The minimum atomic E-state index is -0.228. The lowest BCUT2D eigenvalue weighted by molar-refractivity contribution is 0.0545. The SMILES string of the molecule is CCCCCCC(CC)OC(=O)N1CCN(c2cccc(-c3ccc(F)cc3)c2)CC1. The second-order valence-electron chi connectivity index (χ2n) is 8.29. The van der Waals surface area contributed by atoms with Crippen LogP contribution in [0.25, 0.3) is 11.1 Å². The third-order valence-corrected chi connectivity index (χ3v) is 6.03. The van der Waals surface area contributed by atoms with Crippen LogP contribution < -0.4 is 4.90 Å². The van der Waals surface area contributed by atoms with E-state index in [4.69, 9.17) is 4.74 Å². The van der Waals surface area contributed by atoms with E-state index in [0.29, 0.717) is 13.1 Å². The monoisotopic (exact) mass is 426 g/mol. The second kappa shape index (κ2) is 11.7. The number of hydrogen-bond donors (Lipinski definition) is 0. The molecule has 1 aliphatic heterocycles. The van der Waals surface area contributed by atoms with Crippen LogP contribution in [0.4, 0.5) is 14.9 Å². The van der Waals surface area contributed by atoms with Crippen molar-refractivity contribution in [3.05, 3.63) is 54.3 Å². The summed E-state index contributed by atoms with van der Waals surface area (Å²) in [5, 5.41) is 0. The number of benzene rings is 2. The Labute approximate surface area is 186 Å². The van der Waals surface area contributed by atoms with Crippen molar-refractivity contribution >= 4 is 11.8 Å². The molecule has 1 unspecified atom stereocenters. The predicted molar refractivity (Wildman–Crippen MR) is 125 cm³/mol. The average Bonchev–Trinajstić information content (AvgIpc) is 2.81. The van der Waals surface area contributed by atoms with E-state index in [9.17, 15) is 9.18 Å². The highest BCUT2D eigenvalue weighted by Gasteiger charge is 2.24. The van der Waals surface area contributed by atoms with Crippen molar-refractivity contribution in [3.63, 3.8) is 0 Å². The summed E-state index contributed by atoms with van der Waals surface area (Å²) < 4.78 is 19.0. The molecular formula is C26H35FN2O2. The topological polar surface area (TPSA) is 32.8 Å². The quantitative estimate of drug-likeness (QED) is 0.429. The van der Waals surface area contributed by atoms with Crippen LogP contribution in [0.15, 0.2) is 48.5 Å². The number of ether oxygens (including phenoxy) is 1. The van der Waals surface area contributed by atoms with Crippen molar-refractivity contribution in [2.24, 2.45) is 0 Å². The number of unbranched alkanes of at least 4 members (excludes halogenated alkanes) is 3. The maximum Gasteiger partial charge on any atom is 0.410 e. The highest BCUT2D eigenvalue weighted by atomic mass is 19.1. The van der Waals surface area contributed by atoms with Gasteiger partial charge in [-0.1, -0.05) is 57.4 Å². The molecule has 1 heterocycles. The molecule has 5 heteroatoms. The summed E-state index contributed by atoms with van der Waals surface area (Å²) in [4.78, 5) is 16.7. The van der Waals surface area contributed by atoms with Gasteiger partial charge >= 0.3 is 6.09 Å². The molecule has 2 aromatic carbocycles. The molecule has 0 N–H and O–H groups in total. The molecule has 1 aliphatic rings. The van der Waals surface area contributed by atoms with E-state index in [1.807, 2.05) is 17.0 Å². The Kier molecular flexibility index (Phi) is 8.74. The van der Waals surface area contributed by atoms with Gasteiger partial charge in [0.05, 0.1) is 0 Å². The van der Waals surface area contributed by atoms with Gasteiger partial charge in [-0.2, -0.15) is 0 Å². The van der Waals surface area contributed by atoms with Gasteiger partial charge in [-0.15, -0.1) is 0 Å². The van der Waals surface area contributed by atoms with Crippen LogP contribution in [0.1, 0.15) is 52.4 Å². The fraction of sp³-hybridized carbons (Fsp3) is 0.500. The summed E-state index contributed by atoms with van der Waals surface area (Å²) in [6, 6.07) is 14.9. The van der Waals surface area contributed by atoms with Crippen LogP contribution in [0.3, 0.4) is 0 Å². The lowest BCUT2D eigenvalue weighted by atomic mass is 10.0. The molecule has 0 aromatic heterocycles. The van der Waals surface area contributed by atoms with Crippen molar-refractivity contribution in [2.75, 3.05) is 31.1 Å². The molecule has 3 rings (SSSR count). The van der Waals surface area contributed by atoms with Gasteiger partial charge in [0.1, 0.15) is 11.9 Å². The smallest absolute Gasteiger partial charge is 0.410 e. The Morgan fingerprint density at radius 1 is 0.968 bits per heavy atom. The molecule has 0 spiro atoms. The predicted octanol–water partition coefficient (Wildman–Crippen LogP) is 6.50. The number of carbonyl (C=O) groups is 1. The number of nitrogens with zero attached hydrogens (tertiary/aromatic N) is 2. The molecule has 31 heavy (non-hydrogen) atoms. The Morgan fingerprint density at radius 3 is 2.39 bits per heavy atom. The highest BCUT2D eigenvalue weighted by Crippen LogP contribution is 2.26. The second-order valence-corrected chi connectivity index (χ2v) is 8.29. The first kappa shape index (κ1) is 23.1. The van der Waals surface area contributed by atoms with E-state index in [0.717, 1.165) is 49.2 Å². The van der Waals surface area contributed by atoms with Gasteiger partial charge < -0.3 is 14.5 Å². The Bertz CT molecular complexity index is 816. The minimum absolute atomic E-state index is 0.0229. The molecule has 1 fully saturated rings. The summed E-state index contributed by atoms with van der Waals surface area (Å²) in [6.45, 7) is 7.15. The number of rotatable bonds is 9. The number of carbonyl (C=O) groups excluding carboxylic acids is 1. The van der Waals surface area contributed by atoms with Gasteiger partial charge in [0.25, 0.3) is 0 Å². The highest BCUT2D eigenvalue weighted by molar-refractivity contribution is 5.70. The van der Waals surface area contributed by atoms with Crippen molar-refractivity contribution in [3.8, 4) is 11.1 Å². The van der Waals surface area contributed by atoms with Gasteiger partial charge in [-0.05, 0) is 54.7 Å². The molecule has 1 saturated heterocycles. The molecular weight excluding hydrogens is 391 g/mol. The number of hydrogen-bond acceptors (Lipinski definition) is 3. The largest absolute Gasteiger partial charge is 0.446 e. The Morgan fingerprint density at radius 2 is 1.71 bits per heavy atom. The molecule has 168 valence electrons. The average molecular weight is 427 g/mol. The van der Waals surface area contributed by atoms with Gasteiger partial charge in [-0.25, -0.2) is 9.18 Å². The van der Waals surface area contributed by atoms with E-state index in [2.05, 4.69) is 30.9 Å². The molecule has 0 aliphatic carbocycles. The number of piperazine rings is 1. The Hall–Kier alpha value is -2.56. The summed E-state index contributed by atoms with van der Waals surface area (Å²) in [6.07, 6.45) is 6.46. The maximum atomic E-state index is 13.2. The van der Waals surface area contributed by atoms with Crippen molar-refractivity contribution in [1.82, 2.24) is 4.90 Å². The third-order valence-electron chi connectivity index (χ3n) is 6.03. The summed E-state index contributed by atoms with van der Waals surface area (Å²) in [5.74, 6) is -0.228. The fourth-order valence-electron chi connectivity index (χ4n) is 4.03. The van der Waals surface area contributed by atoms with Gasteiger partial charge in [-0.3, -0.25) is 0 Å². The molecule has 1 atom stereocenters. The van der Waals surface area contributed by atoms with Crippen molar-refractivity contribution < 1.29 is 13.9 Å². The Balaban J connectivity index is 1.51. The van der Waals surface area contributed by atoms with E-state index in [1.54, 1.807) is 12.1 Å². The molecule has 2 aromatic rings. The molecule has 0 radical (unpaired) electrons. The summed E-state index contributed by atoms with van der Waals surface area (Å²) in [7, 11) is 0. The maximum absolute atomic E-state index is 13.2. The lowest BCUT2D eigenvalue weighted by Gasteiger charge is -2.36. The number of anilines is 1. The number of halogens is 1. The fourth-order valence-corrected chi connectivity index (χ4v) is 4.03. The van der Waals surface area contributed by atoms with E-state index in [1.165, 1.54) is 31.4 Å². The van der Waals surface area contributed by atoms with Gasteiger partial charge in [0, 0.05) is 31.9 Å². The van der Waals surface area contributed by atoms with Crippen LogP contribution in [0.2, 0.25) is 0 Å². The third kappa shape index (κ3) is 6.71. The number of amides is 1. The standard InChI is InChI=1S/C26H35FN2O2/c1-3-5-6-7-11-25(4-2)31-26(30)29-18-16-28(17-19-29)24-10-8-9-22(20-24)21-12-14-23(27)15-13-21/h8-10,12-15,20,25H,3-7,11,16-19H2,1-2H3. The van der Waals surface area contributed by atoms with Gasteiger partial charge in [0.2, 0.25) is 0 Å². The first-order valence-electron chi connectivity index (χ1n) is 11.7. The molecule has 0 bridgehead atoms. The molecule has 1 amide bonds. The lowest BCUT2D eigenvalue weighted by Crippen LogP contribution is -2.49. The van der Waals surface area contributed by atoms with Crippen LogP contribution in [-0.4, -0.2) is 43.3 Å². The normalized spacial score (nSPS) is 15.1. The van der Waals surface area contributed by atoms with Crippen LogP contribution in [0.5, 0.6) is 0 Å². The molecule has 4 nitrogen and oxygen atoms in total. The zero-order valence-electron chi connectivity index (χ0n) is 18.9. The van der Waals surface area contributed by atoms with Gasteiger partial charge in [0.15, 0.2) is 0 Å². The molecule has 0 saturated carbocycles. The van der Waals surface area contributed by atoms with Crippen molar-refractivity contribution in [1.29, 1.82) is 0 Å². The van der Waals surface area contributed by atoms with E-state index < -0.39 is 0 Å². The van der Waals surface area contributed by atoms with Crippen molar-refractivity contribution in [2.45, 2.75) is 58.5 Å². The minimum Gasteiger partial charge on any atom is -0.446 e. The van der Waals surface area contributed by atoms with Crippen LogP contribution in [-0.2, 0) is 4.74 Å².